The fourth-order valence-corrected chi connectivity index (χ4v) is 3.66. The van der Waals surface area contributed by atoms with Crippen LogP contribution in [0.1, 0.15) is 49.3 Å². The van der Waals surface area contributed by atoms with Crippen LogP contribution in [0, 0.1) is 19.8 Å². The molecule has 0 saturated heterocycles. The molecular weight excluding hydrogens is 244 g/mol. The van der Waals surface area contributed by atoms with E-state index in [-0.39, 0.29) is 5.54 Å². The van der Waals surface area contributed by atoms with Gasteiger partial charge in [-0.3, -0.25) is 4.90 Å². The lowest BCUT2D eigenvalue weighted by Gasteiger charge is -2.46. The Morgan fingerprint density at radius 2 is 2.05 bits per heavy atom. The highest BCUT2D eigenvalue weighted by atomic mass is 15.2. The number of hydrogen-bond donors (Lipinski definition) is 1. The zero-order valence-electron chi connectivity index (χ0n) is 13.6. The Kier molecular flexibility index (Phi) is 4.87. The van der Waals surface area contributed by atoms with Gasteiger partial charge >= 0.3 is 0 Å². The summed E-state index contributed by atoms with van der Waals surface area (Å²) in [7, 11) is 2.25. The largest absolute Gasteiger partial charge is 0.329 e. The van der Waals surface area contributed by atoms with Gasteiger partial charge in [0.15, 0.2) is 0 Å². The molecule has 0 amide bonds. The number of benzene rings is 1. The summed E-state index contributed by atoms with van der Waals surface area (Å²) in [5.41, 5.74) is 10.5. The van der Waals surface area contributed by atoms with Crippen LogP contribution < -0.4 is 5.73 Å². The number of nitrogens with zero attached hydrogens (tertiary/aromatic N) is 1. The molecule has 2 rings (SSSR count). The quantitative estimate of drug-likeness (QED) is 0.908. The summed E-state index contributed by atoms with van der Waals surface area (Å²) >= 11 is 0. The monoisotopic (exact) mass is 274 g/mol. The van der Waals surface area contributed by atoms with Crippen molar-refractivity contribution in [3.8, 4) is 0 Å². The van der Waals surface area contributed by atoms with Gasteiger partial charge in [-0.05, 0) is 56.3 Å². The van der Waals surface area contributed by atoms with E-state index < -0.39 is 0 Å². The third kappa shape index (κ3) is 3.24. The van der Waals surface area contributed by atoms with Crippen molar-refractivity contribution >= 4 is 0 Å². The molecule has 0 aliphatic heterocycles. The van der Waals surface area contributed by atoms with Crippen LogP contribution in [0.3, 0.4) is 0 Å². The number of rotatable bonds is 4. The zero-order chi connectivity index (χ0) is 14.8. The van der Waals surface area contributed by atoms with Gasteiger partial charge in [0.25, 0.3) is 0 Å². The van der Waals surface area contributed by atoms with Gasteiger partial charge in [-0.15, -0.1) is 0 Å². The molecule has 1 aliphatic rings. The third-order valence-corrected chi connectivity index (χ3v) is 5.25. The Morgan fingerprint density at radius 3 is 2.65 bits per heavy atom. The van der Waals surface area contributed by atoms with E-state index in [0.717, 1.165) is 19.0 Å². The van der Waals surface area contributed by atoms with E-state index in [1.165, 1.54) is 42.4 Å². The highest BCUT2D eigenvalue weighted by Gasteiger charge is 2.37. The maximum atomic E-state index is 6.17. The van der Waals surface area contributed by atoms with Gasteiger partial charge in [0.1, 0.15) is 0 Å². The molecule has 2 atom stereocenters. The first-order valence-electron chi connectivity index (χ1n) is 7.94. The van der Waals surface area contributed by atoms with E-state index in [9.17, 15) is 0 Å². The Balaban J connectivity index is 2.12. The van der Waals surface area contributed by atoms with E-state index >= 15 is 0 Å². The van der Waals surface area contributed by atoms with Crippen LogP contribution in [0.15, 0.2) is 18.2 Å². The first kappa shape index (κ1) is 15.5. The van der Waals surface area contributed by atoms with Gasteiger partial charge in [-0.1, -0.05) is 38.0 Å². The minimum absolute atomic E-state index is 0.205. The molecule has 2 heteroatoms. The number of hydrogen-bond acceptors (Lipinski definition) is 2. The molecule has 2 unspecified atom stereocenters. The van der Waals surface area contributed by atoms with Crippen LogP contribution in [0.25, 0.3) is 0 Å². The molecule has 1 aromatic rings. The van der Waals surface area contributed by atoms with E-state index in [0.29, 0.717) is 0 Å². The van der Waals surface area contributed by atoms with Crippen LogP contribution in [0.5, 0.6) is 0 Å². The maximum Gasteiger partial charge on any atom is 0.0334 e. The van der Waals surface area contributed by atoms with Crippen molar-refractivity contribution in [1.29, 1.82) is 0 Å². The number of likely N-dealkylation sites (N-methyl/N-ethyl adjacent to an activating group) is 1. The van der Waals surface area contributed by atoms with Crippen LogP contribution in [-0.2, 0) is 6.54 Å². The topological polar surface area (TPSA) is 29.3 Å². The van der Waals surface area contributed by atoms with Gasteiger partial charge in [0, 0.05) is 18.6 Å². The second-order valence-corrected chi connectivity index (χ2v) is 6.90. The summed E-state index contributed by atoms with van der Waals surface area (Å²) in [4.78, 5) is 2.51. The molecular formula is C18H30N2. The SMILES string of the molecule is Cc1ccc(CN(C)C2(CN)CCCC(C)C2)cc1C. The normalized spacial score (nSPS) is 27.0. The van der Waals surface area contributed by atoms with E-state index in [1.807, 2.05) is 0 Å². The molecule has 0 radical (unpaired) electrons. The number of aryl methyl sites for hydroxylation is 2. The average molecular weight is 274 g/mol. The lowest BCUT2D eigenvalue weighted by atomic mass is 9.75. The van der Waals surface area contributed by atoms with Gasteiger partial charge in [0.2, 0.25) is 0 Å². The van der Waals surface area contributed by atoms with E-state index in [2.05, 4.69) is 50.9 Å². The van der Waals surface area contributed by atoms with Crippen molar-refractivity contribution in [2.45, 2.75) is 58.5 Å². The number of nitrogens with two attached hydrogens (primary N) is 1. The fourth-order valence-electron chi connectivity index (χ4n) is 3.66. The summed E-state index contributed by atoms with van der Waals surface area (Å²) in [5, 5.41) is 0. The van der Waals surface area contributed by atoms with Crippen molar-refractivity contribution in [3.05, 3.63) is 34.9 Å². The molecule has 1 saturated carbocycles. The summed E-state index contributed by atoms with van der Waals surface area (Å²) < 4.78 is 0. The van der Waals surface area contributed by atoms with Crippen LogP contribution in [-0.4, -0.2) is 24.0 Å². The Labute approximate surface area is 124 Å². The lowest BCUT2D eigenvalue weighted by Crippen LogP contribution is -2.54. The molecule has 112 valence electrons. The molecule has 1 aliphatic carbocycles. The van der Waals surface area contributed by atoms with Gasteiger partial charge in [0.05, 0.1) is 0 Å². The summed E-state index contributed by atoms with van der Waals surface area (Å²) in [6, 6.07) is 6.81. The molecule has 1 aromatic carbocycles. The first-order valence-corrected chi connectivity index (χ1v) is 7.94. The summed E-state index contributed by atoms with van der Waals surface area (Å²) in [5.74, 6) is 0.800. The Hall–Kier alpha value is -0.860. The molecule has 0 heterocycles. The minimum Gasteiger partial charge on any atom is -0.329 e. The Bertz CT molecular complexity index is 455. The van der Waals surface area contributed by atoms with Crippen molar-refractivity contribution in [1.82, 2.24) is 4.90 Å². The van der Waals surface area contributed by atoms with Gasteiger partial charge in [-0.2, -0.15) is 0 Å². The van der Waals surface area contributed by atoms with E-state index in [4.69, 9.17) is 5.73 Å². The molecule has 20 heavy (non-hydrogen) atoms. The summed E-state index contributed by atoms with van der Waals surface area (Å²) in [6.07, 6.45) is 5.16. The second kappa shape index (κ2) is 6.28. The molecule has 0 bridgehead atoms. The summed E-state index contributed by atoms with van der Waals surface area (Å²) in [6.45, 7) is 8.52. The Morgan fingerprint density at radius 1 is 1.30 bits per heavy atom. The molecule has 0 spiro atoms. The fraction of sp³-hybridized carbons (Fsp3) is 0.667. The minimum atomic E-state index is 0.205. The molecule has 1 fully saturated rings. The molecule has 2 N–H and O–H groups in total. The first-order chi connectivity index (χ1) is 9.47. The maximum absolute atomic E-state index is 6.17. The third-order valence-electron chi connectivity index (χ3n) is 5.25. The molecule has 0 aromatic heterocycles. The zero-order valence-corrected chi connectivity index (χ0v) is 13.6. The highest BCUT2D eigenvalue weighted by molar-refractivity contribution is 5.30. The van der Waals surface area contributed by atoms with Crippen LogP contribution >= 0.6 is 0 Å². The van der Waals surface area contributed by atoms with Crippen molar-refractivity contribution in [3.63, 3.8) is 0 Å². The standard InChI is InChI=1S/C18H30N2/c1-14-6-5-9-18(11-14,13-19)20(4)12-17-8-7-15(2)16(3)10-17/h7-8,10,14H,5-6,9,11-13,19H2,1-4H3. The van der Waals surface area contributed by atoms with Gasteiger partial charge < -0.3 is 5.73 Å². The predicted molar refractivity (Wildman–Crippen MR) is 86.8 cm³/mol. The van der Waals surface area contributed by atoms with Crippen LogP contribution in [0.4, 0.5) is 0 Å². The van der Waals surface area contributed by atoms with E-state index in [1.54, 1.807) is 0 Å². The van der Waals surface area contributed by atoms with Gasteiger partial charge in [-0.25, -0.2) is 0 Å². The van der Waals surface area contributed by atoms with Crippen molar-refractivity contribution in [2.75, 3.05) is 13.6 Å². The van der Waals surface area contributed by atoms with Crippen molar-refractivity contribution in [2.24, 2.45) is 11.7 Å². The highest BCUT2D eigenvalue weighted by Crippen LogP contribution is 2.36. The van der Waals surface area contributed by atoms with Crippen LogP contribution in [0.2, 0.25) is 0 Å². The predicted octanol–water partition coefficient (Wildman–Crippen LogP) is 3.64. The van der Waals surface area contributed by atoms with Crippen molar-refractivity contribution < 1.29 is 0 Å². The lowest BCUT2D eigenvalue weighted by molar-refractivity contribution is 0.0554. The average Bonchev–Trinajstić information content (AvgIpc) is 2.42. The smallest absolute Gasteiger partial charge is 0.0334 e. The molecule has 2 nitrogen and oxygen atoms in total. The second-order valence-electron chi connectivity index (χ2n) is 6.90.